The zero-order valence-electron chi connectivity index (χ0n) is 10.9. The average molecular weight is 297 g/mol. The Balaban J connectivity index is 1.87. The topological polar surface area (TPSA) is 45.5 Å². The van der Waals surface area contributed by atoms with Gasteiger partial charge in [0.25, 0.3) is 0 Å². The highest BCUT2D eigenvalue weighted by molar-refractivity contribution is 6.31. The molecular weight excluding hydrogens is 283 g/mol. The Labute approximate surface area is 121 Å². The van der Waals surface area contributed by atoms with Crippen LogP contribution in [0.1, 0.15) is 5.76 Å². The standard InChI is InChI=1S/C14H14ClFN2O2/c1-18(8-11-3-2-6-20-11)9-14(19)17-10-4-5-13(16)12(15)7-10/h2-7H,8-9H2,1H3,(H,17,19). The van der Waals surface area contributed by atoms with Gasteiger partial charge in [0.1, 0.15) is 11.6 Å². The first kappa shape index (κ1) is 14.6. The Hall–Kier alpha value is -1.85. The van der Waals surface area contributed by atoms with Crippen molar-refractivity contribution in [1.29, 1.82) is 0 Å². The molecule has 0 aliphatic rings. The summed E-state index contributed by atoms with van der Waals surface area (Å²) >= 11 is 5.65. The third kappa shape index (κ3) is 4.08. The van der Waals surface area contributed by atoms with E-state index in [1.165, 1.54) is 18.2 Å². The number of hydrogen-bond donors (Lipinski definition) is 1. The van der Waals surface area contributed by atoms with Crippen molar-refractivity contribution in [3.63, 3.8) is 0 Å². The first-order chi connectivity index (χ1) is 9.54. The van der Waals surface area contributed by atoms with E-state index < -0.39 is 5.82 Å². The van der Waals surface area contributed by atoms with E-state index in [2.05, 4.69) is 5.32 Å². The Morgan fingerprint density at radius 1 is 1.45 bits per heavy atom. The minimum Gasteiger partial charge on any atom is -0.468 e. The van der Waals surface area contributed by atoms with Gasteiger partial charge in [0.05, 0.1) is 24.4 Å². The normalized spacial score (nSPS) is 10.8. The monoisotopic (exact) mass is 296 g/mol. The van der Waals surface area contributed by atoms with Gasteiger partial charge < -0.3 is 9.73 Å². The molecule has 1 aromatic heterocycles. The molecule has 2 aromatic rings. The SMILES string of the molecule is CN(CC(=O)Nc1ccc(F)c(Cl)c1)Cc1ccco1. The summed E-state index contributed by atoms with van der Waals surface area (Å²) in [5.41, 5.74) is 0.466. The molecule has 0 radical (unpaired) electrons. The van der Waals surface area contributed by atoms with Gasteiger partial charge >= 0.3 is 0 Å². The van der Waals surface area contributed by atoms with E-state index in [4.69, 9.17) is 16.0 Å². The lowest BCUT2D eigenvalue weighted by atomic mass is 10.3. The number of nitrogens with one attached hydrogen (secondary N) is 1. The zero-order chi connectivity index (χ0) is 14.5. The molecule has 0 saturated carbocycles. The summed E-state index contributed by atoms with van der Waals surface area (Å²) in [5.74, 6) is 0.0615. The fourth-order valence-corrected chi connectivity index (χ4v) is 1.92. The van der Waals surface area contributed by atoms with Gasteiger partial charge in [-0.05, 0) is 37.4 Å². The van der Waals surface area contributed by atoms with Crippen LogP contribution < -0.4 is 5.32 Å². The first-order valence-electron chi connectivity index (χ1n) is 6.00. The predicted molar refractivity (Wildman–Crippen MR) is 75.1 cm³/mol. The van der Waals surface area contributed by atoms with Crippen molar-refractivity contribution >= 4 is 23.2 Å². The van der Waals surface area contributed by atoms with E-state index in [9.17, 15) is 9.18 Å². The van der Waals surface area contributed by atoms with E-state index in [0.717, 1.165) is 5.76 Å². The molecule has 0 bridgehead atoms. The number of carbonyl (C=O) groups is 1. The summed E-state index contributed by atoms with van der Waals surface area (Å²) in [4.78, 5) is 13.6. The lowest BCUT2D eigenvalue weighted by Crippen LogP contribution is -2.29. The van der Waals surface area contributed by atoms with Crippen LogP contribution in [0.25, 0.3) is 0 Å². The van der Waals surface area contributed by atoms with Gasteiger partial charge in [0, 0.05) is 5.69 Å². The molecule has 1 amide bonds. The molecule has 2 rings (SSSR count). The van der Waals surface area contributed by atoms with Crippen LogP contribution >= 0.6 is 11.6 Å². The number of benzene rings is 1. The second kappa shape index (κ2) is 6.54. The smallest absolute Gasteiger partial charge is 0.238 e. The van der Waals surface area contributed by atoms with Crippen molar-refractivity contribution in [2.24, 2.45) is 0 Å². The maximum atomic E-state index is 13.0. The number of hydrogen-bond acceptors (Lipinski definition) is 3. The Kier molecular flexibility index (Phi) is 4.76. The van der Waals surface area contributed by atoms with Crippen LogP contribution in [0, 0.1) is 5.82 Å². The van der Waals surface area contributed by atoms with E-state index in [1.807, 2.05) is 6.07 Å². The van der Waals surface area contributed by atoms with Crippen LogP contribution in [0.5, 0.6) is 0 Å². The second-order valence-corrected chi connectivity index (χ2v) is 4.84. The summed E-state index contributed by atoms with van der Waals surface area (Å²) in [6, 6.07) is 7.69. The number of rotatable bonds is 5. The molecule has 4 nitrogen and oxygen atoms in total. The second-order valence-electron chi connectivity index (χ2n) is 4.43. The van der Waals surface area contributed by atoms with E-state index in [0.29, 0.717) is 12.2 Å². The quantitative estimate of drug-likeness (QED) is 0.922. The molecule has 20 heavy (non-hydrogen) atoms. The Morgan fingerprint density at radius 3 is 2.90 bits per heavy atom. The predicted octanol–water partition coefficient (Wildman–Crippen LogP) is 3.14. The number of amides is 1. The molecule has 0 spiro atoms. The van der Waals surface area contributed by atoms with Gasteiger partial charge in [-0.2, -0.15) is 0 Å². The van der Waals surface area contributed by atoms with Gasteiger partial charge in [-0.3, -0.25) is 9.69 Å². The zero-order valence-corrected chi connectivity index (χ0v) is 11.7. The van der Waals surface area contributed by atoms with Crippen molar-refractivity contribution in [2.75, 3.05) is 18.9 Å². The molecule has 0 aliphatic heterocycles. The maximum absolute atomic E-state index is 13.0. The van der Waals surface area contributed by atoms with Crippen LogP contribution in [0.3, 0.4) is 0 Å². The summed E-state index contributed by atoms with van der Waals surface area (Å²) in [6.45, 7) is 0.723. The van der Waals surface area contributed by atoms with Crippen LogP contribution in [-0.4, -0.2) is 24.4 Å². The van der Waals surface area contributed by atoms with Gasteiger partial charge in [-0.25, -0.2) is 4.39 Å². The molecule has 1 heterocycles. The molecule has 1 N–H and O–H groups in total. The van der Waals surface area contributed by atoms with Gasteiger partial charge in [0.2, 0.25) is 5.91 Å². The van der Waals surface area contributed by atoms with Gasteiger partial charge in [-0.15, -0.1) is 0 Å². The molecule has 0 atom stereocenters. The van der Waals surface area contributed by atoms with E-state index in [1.54, 1.807) is 24.3 Å². The maximum Gasteiger partial charge on any atom is 0.238 e. The number of furan rings is 1. The van der Waals surface area contributed by atoms with E-state index >= 15 is 0 Å². The number of carbonyl (C=O) groups excluding carboxylic acids is 1. The average Bonchev–Trinajstić information content (AvgIpc) is 2.86. The van der Waals surface area contributed by atoms with Gasteiger partial charge in [0.15, 0.2) is 0 Å². The molecule has 0 fully saturated rings. The van der Waals surface area contributed by atoms with Crippen LogP contribution in [0.2, 0.25) is 5.02 Å². The number of anilines is 1. The Bertz CT molecular complexity index is 587. The molecule has 1 aromatic carbocycles. The van der Waals surface area contributed by atoms with E-state index in [-0.39, 0.29) is 17.5 Å². The highest BCUT2D eigenvalue weighted by Crippen LogP contribution is 2.19. The molecule has 106 valence electrons. The van der Waals surface area contributed by atoms with Crippen molar-refractivity contribution < 1.29 is 13.6 Å². The fraction of sp³-hybridized carbons (Fsp3) is 0.214. The highest BCUT2D eigenvalue weighted by Gasteiger charge is 2.09. The third-order valence-corrected chi connectivity index (χ3v) is 2.91. The number of nitrogens with zero attached hydrogens (tertiary/aromatic N) is 1. The summed E-state index contributed by atoms with van der Waals surface area (Å²) in [6.07, 6.45) is 1.59. The lowest BCUT2D eigenvalue weighted by Gasteiger charge is -2.14. The van der Waals surface area contributed by atoms with Crippen LogP contribution in [0.4, 0.5) is 10.1 Å². The lowest BCUT2D eigenvalue weighted by molar-refractivity contribution is -0.117. The van der Waals surface area contributed by atoms with Crippen LogP contribution in [-0.2, 0) is 11.3 Å². The van der Waals surface area contributed by atoms with Gasteiger partial charge in [-0.1, -0.05) is 11.6 Å². The van der Waals surface area contributed by atoms with Crippen molar-refractivity contribution in [3.05, 3.63) is 53.2 Å². The Morgan fingerprint density at radius 2 is 2.25 bits per heavy atom. The summed E-state index contributed by atoms with van der Waals surface area (Å²) < 4.78 is 18.2. The summed E-state index contributed by atoms with van der Waals surface area (Å²) in [5, 5.41) is 2.64. The summed E-state index contributed by atoms with van der Waals surface area (Å²) in [7, 11) is 1.81. The molecule has 0 aliphatic carbocycles. The highest BCUT2D eigenvalue weighted by atomic mass is 35.5. The molecular formula is C14H14ClFN2O2. The molecule has 0 saturated heterocycles. The fourth-order valence-electron chi connectivity index (χ4n) is 1.74. The number of halogens is 2. The largest absolute Gasteiger partial charge is 0.468 e. The first-order valence-corrected chi connectivity index (χ1v) is 6.38. The molecule has 6 heteroatoms. The van der Waals surface area contributed by atoms with Crippen molar-refractivity contribution in [3.8, 4) is 0 Å². The third-order valence-electron chi connectivity index (χ3n) is 2.62. The minimum atomic E-state index is -0.514. The van der Waals surface area contributed by atoms with Crippen molar-refractivity contribution in [1.82, 2.24) is 4.90 Å². The molecule has 0 unspecified atom stereocenters. The number of likely N-dealkylation sites (N-methyl/N-ethyl adjacent to an activating group) is 1. The minimum absolute atomic E-state index is 0.0215. The van der Waals surface area contributed by atoms with Crippen LogP contribution in [0.15, 0.2) is 41.0 Å². The van der Waals surface area contributed by atoms with Crippen molar-refractivity contribution in [2.45, 2.75) is 6.54 Å².